The summed E-state index contributed by atoms with van der Waals surface area (Å²) in [6.45, 7) is 0. The number of rotatable bonds is 0. The van der Waals surface area contributed by atoms with Crippen molar-refractivity contribution in [2.75, 3.05) is 6.26 Å². The third-order valence-corrected chi connectivity index (χ3v) is 0. The summed E-state index contributed by atoms with van der Waals surface area (Å²) in [5, 5.41) is 0. The molecule has 0 amide bonds. The van der Waals surface area contributed by atoms with E-state index in [1.54, 1.807) is 0 Å². The van der Waals surface area contributed by atoms with Crippen LogP contribution >= 0.6 is 27.0 Å². The van der Waals surface area contributed by atoms with Gasteiger partial charge < -0.3 is 4.55 Å². The van der Waals surface area contributed by atoms with Crippen molar-refractivity contribution in [2.24, 2.45) is 0 Å². The highest BCUT2D eigenvalue weighted by molar-refractivity contribution is 8.29. The highest BCUT2D eigenvalue weighted by Crippen LogP contribution is 1.63. The average Bonchev–Trinajstić information content (AvgIpc) is 0.722. The van der Waals surface area contributed by atoms with Crippen molar-refractivity contribution in [3.05, 3.63) is 0 Å². The van der Waals surface area contributed by atoms with Crippen molar-refractivity contribution in [1.29, 1.82) is 0 Å². The fourth-order valence-electron chi connectivity index (χ4n) is 0. The molecule has 0 aromatic carbocycles. The second-order valence-electron chi connectivity index (χ2n) is 0.733. The maximum Gasteiger partial charge on any atom is 0.138 e. The molecule has 0 fully saturated rings. The number of hydrogen-bond donors (Lipinski definition) is 1. The highest BCUT2D eigenvalue weighted by Gasteiger charge is 1.75. The Bertz CT molecular complexity index is 92.9. The van der Waals surface area contributed by atoms with Gasteiger partial charge >= 0.3 is 0 Å². The number of hydrogen-bond acceptors (Lipinski definition) is 2. The maximum atomic E-state index is 9.56. The minimum absolute atomic E-state index is 0. The van der Waals surface area contributed by atoms with Crippen LogP contribution in [0.2, 0.25) is 0 Å². The lowest BCUT2D eigenvalue weighted by Gasteiger charge is -1.74. The topological polar surface area (TPSA) is 37.3 Å². The van der Waals surface area contributed by atoms with Gasteiger partial charge in [0.05, 0.1) is 0 Å². The monoisotopic (exact) mass is 180 g/mol. The van der Waals surface area contributed by atoms with Crippen LogP contribution in [0, 0.1) is 0 Å². The smallest absolute Gasteiger partial charge is 0.138 e. The summed E-state index contributed by atoms with van der Waals surface area (Å²) in [4.78, 5) is 0. The van der Waals surface area contributed by atoms with Crippen molar-refractivity contribution < 1.29 is 8.76 Å². The van der Waals surface area contributed by atoms with Crippen molar-refractivity contribution >= 4 is 47.0 Å². The van der Waals surface area contributed by atoms with Crippen LogP contribution in [0.3, 0.4) is 0 Å². The Labute approximate surface area is 62.1 Å². The summed E-state index contributed by atoms with van der Waals surface area (Å²) >= 11 is 3.91. The van der Waals surface area contributed by atoms with Crippen LogP contribution in [-0.4, -0.2) is 15.0 Å². The summed E-state index contributed by atoms with van der Waals surface area (Å²) in [5.74, 6) is 0. The molecule has 0 aliphatic heterocycles. The van der Waals surface area contributed by atoms with Crippen LogP contribution < -0.4 is 0 Å². The van der Waals surface area contributed by atoms with Gasteiger partial charge in [-0.2, -0.15) is 27.0 Å². The predicted octanol–water partition coefficient (Wildman–Crippen LogP) is 0.0611. The largest absolute Gasteiger partial charge is 0.306 e. The van der Waals surface area contributed by atoms with Crippen molar-refractivity contribution in [1.82, 2.24) is 0 Å². The Morgan fingerprint density at radius 2 is 1.57 bits per heavy atom. The third-order valence-electron chi connectivity index (χ3n) is 0. The van der Waals surface area contributed by atoms with E-state index in [4.69, 9.17) is 4.55 Å². The van der Waals surface area contributed by atoms with E-state index in [0.717, 1.165) is 6.26 Å². The molecular formula is CH8O2S4. The lowest BCUT2D eigenvalue weighted by atomic mass is 12.0. The van der Waals surface area contributed by atoms with Gasteiger partial charge in [0.15, 0.2) is 0 Å². The third kappa shape index (κ3) is 168. The van der Waals surface area contributed by atoms with E-state index in [1.165, 1.54) is 0 Å². The zero-order valence-electron chi connectivity index (χ0n) is 3.67. The molecule has 0 bridgehead atoms. The van der Waals surface area contributed by atoms with Gasteiger partial charge in [-0.3, -0.25) is 0 Å². The molecule has 0 saturated carbocycles. The van der Waals surface area contributed by atoms with Crippen molar-refractivity contribution in [2.45, 2.75) is 0 Å². The molecule has 7 heavy (non-hydrogen) atoms. The molecule has 1 atom stereocenters. The normalized spacial score (nSPS) is 15.1. The van der Waals surface area contributed by atoms with E-state index in [1.807, 2.05) is 0 Å². The quantitative estimate of drug-likeness (QED) is 0.573. The fraction of sp³-hybridized carbons (Fsp3) is 1.00. The van der Waals surface area contributed by atoms with Crippen LogP contribution in [0.1, 0.15) is 0 Å². The standard InChI is InChI=1S/CH4O2S2.2H2S/c1-5(2,3)4;;/h1H3,(H,2,3,4);2*1H2. The van der Waals surface area contributed by atoms with Crippen LogP contribution in [0.25, 0.3) is 0 Å². The second-order valence-corrected chi connectivity index (χ2v) is 4.05. The molecule has 1 N–H and O–H groups in total. The van der Waals surface area contributed by atoms with E-state index < -0.39 is 8.77 Å². The van der Waals surface area contributed by atoms with Gasteiger partial charge in [0.1, 0.15) is 8.77 Å². The first-order chi connectivity index (χ1) is 2.00. The molecule has 1 unspecified atom stereocenters. The van der Waals surface area contributed by atoms with Gasteiger partial charge in [0, 0.05) is 17.4 Å². The van der Waals surface area contributed by atoms with Gasteiger partial charge in [0.25, 0.3) is 0 Å². The molecular weight excluding hydrogens is 172 g/mol. The van der Waals surface area contributed by atoms with Crippen molar-refractivity contribution in [3.63, 3.8) is 0 Å². The van der Waals surface area contributed by atoms with E-state index in [0.29, 0.717) is 0 Å². The van der Waals surface area contributed by atoms with Gasteiger partial charge in [-0.05, 0) is 0 Å². The van der Waals surface area contributed by atoms with Crippen LogP contribution in [-0.2, 0) is 20.0 Å². The zero-order valence-corrected chi connectivity index (χ0v) is 7.30. The minimum Gasteiger partial charge on any atom is -0.306 e. The van der Waals surface area contributed by atoms with Crippen LogP contribution in [0.15, 0.2) is 0 Å². The fourth-order valence-corrected chi connectivity index (χ4v) is 0. The molecule has 0 rings (SSSR count). The van der Waals surface area contributed by atoms with E-state index in [9.17, 15) is 4.21 Å². The van der Waals surface area contributed by atoms with Gasteiger partial charge in [-0.1, -0.05) is 0 Å². The Kier molecular flexibility index (Phi) is 11.6. The molecule has 0 aliphatic carbocycles. The van der Waals surface area contributed by atoms with Gasteiger partial charge in [-0.15, -0.1) is 0 Å². The first kappa shape index (κ1) is 15.7. The molecule has 0 aliphatic rings. The maximum absolute atomic E-state index is 9.56. The summed E-state index contributed by atoms with van der Waals surface area (Å²) < 4.78 is 17.4. The highest BCUT2D eigenvalue weighted by atomic mass is 32.8. The molecule has 0 spiro atoms. The second kappa shape index (κ2) is 5.17. The SMILES string of the molecule is CS(=O)(O)=S.S.S. The summed E-state index contributed by atoms with van der Waals surface area (Å²) in [5.41, 5.74) is 0. The van der Waals surface area contributed by atoms with Crippen LogP contribution in [0.4, 0.5) is 0 Å². The van der Waals surface area contributed by atoms with E-state index in [2.05, 4.69) is 11.2 Å². The van der Waals surface area contributed by atoms with Crippen molar-refractivity contribution in [3.8, 4) is 0 Å². The Morgan fingerprint density at radius 3 is 1.57 bits per heavy atom. The lowest BCUT2D eigenvalue weighted by molar-refractivity contribution is 0.568. The Balaban J connectivity index is -0.0000000800. The summed E-state index contributed by atoms with van der Waals surface area (Å²) in [7, 11) is -2.83. The zero-order chi connectivity index (χ0) is 4.50. The van der Waals surface area contributed by atoms with Gasteiger partial charge in [0.2, 0.25) is 0 Å². The van der Waals surface area contributed by atoms with Crippen LogP contribution in [0.5, 0.6) is 0 Å². The van der Waals surface area contributed by atoms with Gasteiger partial charge in [-0.25, -0.2) is 4.21 Å². The Morgan fingerprint density at radius 1 is 1.57 bits per heavy atom. The van der Waals surface area contributed by atoms with E-state index >= 15 is 0 Å². The molecule has 0 aromatic heterocycles. The molecule has 48 valence electrons. The minimum atomic E-state index is -2.83. The first-order valence-electron chi connectivity index (χ1n) is 0.924. The Hall–Kier alpha value is 1.03. The van der Waals surface area contributed by atoms with E-state index in [-0.39, 0.29) is 27.0 Å². The lowest BCUT2D eigenvalue weighted by Crippen LogP contribution is -1.85. The first-order valence-corrected chi connectivity index (χ1v) is 3.77. The predicted molar refractivity (Wildman–Crippen MR) is 44.8 cm³/mol. The molecule has 0 aromatic rings. The summed E-state index contributed by atoms with van der Waals surface area (Å²) in [6, 6.07) is 0. The average molecular weight is 180 g/mol. The molecule has 0 heterocycles. The molecule has 6 heteroatoms. The molecule has 2 nitrogen and oxygen atoms in total. The summed E-state index contributed by atoms with van der Waals surface area (Å²) in [6.07, 6.45) is 1.09. The molecule has 0 radical (unpaired) electrons. The molecule has 0 saturated heterocycles.